The largest absolute Gasteiger partial charge is 0.487 e. The fourth-order valence-corrected chi connectivity index (χ4v) is 1.71. The lowest BCUT2D eigenvalue weighted by Gasteiger charge is -2.29. The molecule has 0 spiro atoms. The molecule has 1 fully saturated rings. The third-order valence-corrected chi connectivity index (χ3v) is 2.78. The van der Waals surface area contributed by atoms with Crippen molar-refractivity contribution in [1.82, 2.24) is 5.32 Å². The molecule has 1 N–H and O–H groups in total. The number of hydrogen-bond donors (Lipinski definition) is 1. The third kappa shape index (κ3) is 2.49. The summed E-state index contributed by atoms with van der Waals surface area (Å²) in [6.45, 7) is 1.18. The highest BCUT2D eigenvalue weighted by atomic mass is 79.9. The monoisotopic (exact) mass is 295 g/mol. The Kier molecular flexibility index (Phi) is 3.12. The second-order valence-corrected chi connectivity index (χ2v) is 4.45. The van der Waals surface area contributed by atoms with Crippen LogP contribution < -0.4 is 10.1 Å². The molecule has 1 saturated heterocycles. The molecule has 1 aromatic carbocycles. The molecule has 0 aliphatic carbocycles. The first kappa shape index (κ1) is 11.7. The number of halogens is 4. The van der Waals surface area contributed by atoms with Crippen molar-refractivity contribution in [3.63, 3.8) is 0 Å². The second kappa shape index (κ2) is 4.25. The minimum atomic E-state index is -4.39. The Labute approximate surface area is 98.9 Å². The zero-order chi connectivity index (χ0) is 11.8. The van der Waals surface area contributed by atoms with Gasteiger partial charge in [-0.25, -0.2) is 0 Å². The van der Waals surface area contributed by atoms with Crippen molar-refractivity contribution in [2.75, 3.05) is 13.1 Å². The number of rotatable bonds is 2. The van der Waals surface area contributed by atoms with Gasteiger partial charge in [0.15, 0.2) is 0 Å². The SMILES string of the molecule is FC(F)(F)c1cc(Br)ccc1OC1CNC1. The first-order valence-corrected chi connectivity index (χ1v) is 5.50. The Morgan fingerprint density at radius 1 is 1.31 bits per heavy atom. The number of hydrogen-bond acceptors (Lipinski definition) is 2. The maximum atomic E-state index is 12.7. The van der Waals surface area contributed by atoms with Crippen LogP contribution in [0.4, 0.5) is 13.2 Å². The fourth-order valence-electron chi connectivity index (χ4n) is 1.35. The Morgan fingerprint density at radius 2 is 2.00 bits per heavy atom. The van der Waals surface area contributed by atoms with Crippen LogP contribution in [0.25, 0.3) is 0 Å². The summed E-state index contributed by atoms with van der Waals surface area (Å²) in [6, 6.07) is 3.91. The van der Waals surface area contributed by atoms with E-state index in [1.165, 1.54) is 12.1 Å². The van der Waals surface area contributed by atoms with E-state index in [1.54, 1.807) is 0 Å². The quantitative estimate of drug-likeness (QED) is 0.906. The van der Waals surface area contributed by atoms with Crippen LogP contribution in [0.1, 0.15) is 5.56 Å². The second-order valence-electron chi connectivity index (χ2n) is 3.54. The molecule has 0 radical (unpaired) electrons. The summed E-state index contributed by atoms with van der Waals surface area (Å²) in [5.41, 5.74) is -0.742. The van der Waals surface area contributed by atoms with Crippen LogP contribution in [-0.4, -0.2) is 19.2 Å². The highest BCUT2D eigenvalue weighted by molar-refractivity contribution is 9.10. The molecule has 0 atom stereocenters. The van der Waals surface area contributed by atoms with E-state index in [-0.39, 0.29) is 11.9 Å². The van der Waals surface area contributed by atoms with Gasteiger partial charge in [-0.15, -0.1) is 0 Å². The predicted octanol–water partition coefficient (Wildman–Crippen LogP) is 2.82. The molecule has 0 saturated carbocycles. The number of nitrogens with one attached hydrogen (secondary N) is 1. The molecule has 16 heavy (non-hydrogen) atoms. The summed E-state index contributed by atoms with van der Waals surface area (Å²) in [5.74, 6) is -0.109. The highest BCUT2D eigenvalue weighted by Gasteiger charge is 2.35. The van der Waals surface area contributed by atoms with E-state index >= 15 is 0 Å². The topological polar surface area (TPSA) is 21.3 Å². The van der Waals surface area contributed by atoms with Gasteiger partial charge >= 0.3 is 6.18 Å². The fraction of sp³-hybridized carbons (Fsp3) is 0.400. The first-order chi connectivity index (χ1) is 7.47. The van der Waals surface area contributed by atoms with Crippen LogP contribution in [0.2, 0.25) is 0 Å². The number of alkyl halides is 3. The van der Waals surface area contributed by atoms with Gasteiger partial charge in [0.25, 0.3) is 0 Å². The zero-order valence-corrected chi connectivity index (χ0v) is 9.73. The van der Waals surface area contributed by atoms with Crippen molar-refractivity contribution in [1.29, 1.82) is 0 Å². The van der Waals surface area contributed by atoms with E-state index in [1.807, 2.05) is 0 Å². The maximum absolute atomic E-state index is 12.7. The summed E-state index contributed by atoms with van der Waals surface area (Å²) in [6.07, 6.45) is -4.56. The molecule has 0 aromatic heterocycles. The van der Waals surface area contributed by atoms with Crippen molar-refractivity contribution in [2.24, 2.45) is 0 Å². The Hall–Kier alpha value is -0.750. The summed E-state index contributed by atoms with van der Waals surface area (Å²) >= 11 is 3.02. The highest BCUT2D eigenvalue weighted by Crippen LogP contribution is 2.38. The maximum Gasteiger partial charge on any atom is 0.420 e. The summed E-state index contributed by atoms with van der Waals surface area (Å²) < 4.78 is 43.7. The van der Waals surface area contributed by atoms with Crippen molar-refractivity contribution >= 4 is 15.9 Å². The van der Waals surface area contributed by atoms with Gasteiger partial charge in [0.05, 0.1) is 5.56 Å². The van der Waals surface area contributed by atoms with Crippen LogP contribution in [0.15, 0.2) is 22.7 Å². The molecule has 88 valence electrons. The molecule has 0 amide bonds. The van der Waals surface area contributed by atoms with Gasteiger partial charge < -0.3 is 10.1 Å². The van der Waals surface area contributed by atoms with Crippen molar-refractivity contribution in [3.8, 4) is 5.75 Å². The van der Waals surface area contributed by atoms with E-state index in [4.69, 9.17) is 4.74 Å². The Bertz CT molecular complexity index is 390. The molecule has 2 nitrogen and oxygen atoms in total. The number of ether oxygens (including phenoxy) is 1. The minimum Gasteiger partial charge on any atom is -0.487 e. The number of benzene rings is 1. The third-order valence-electron chi connectivity index (χ3n) is 2.28. The standard InChI is InChI=1S/C10H9BrF3NO/c11-6-1-2-9(16-7-4-15-5-7)8(3-6)10(12,13)14/h1-3,7,15H,4-5H2. The van der Waals surface area contributed by atoms with Crippen molar-refractivity contribution in [3.05, 3.63) is 28.2 Å². The van der Waals surface area contributed by atoms with Crippen LogP contribution in [-0.2, 0) is 6.18 Å². The van der Waals surface area contributed by atoms with Crippen LogP contribution >= 0.6 is 15.9 Å². The van der Waals surface area contributed by atoms with Crippen LogP contribution in [0, 0.1) is 0 Å². The van der Waals surface area contributed by atoms with Crippen molar-refractivity contribution in [2.45, 2.75) is 12.3 Å². The summed E-state index contributed by atoms with van der Waals surface area (Å²) in [7, 11) is 0. The van der Waals surface area contributed by atoms with E-state index in [9.17, 15) is 13.2 Å². The van der Waals surface area contributed by atoms with Crippen molar-refractivity contribution < 1.29 is 17.9 Å². The smallest absolute Gasteiger partial charge is 0.420 e. The average molecular weight is 296 g/mol. The molecule has 1 heterocycles. The molecule has 1 aliphatic rings. The predicted molar refractivity (Wildman–Crippen MR) is 56.4 cm³/mol. The van der Waals surface area contributed by atoms with Gasteiger partial charge in [0.1, 0.15) is 11.9 Å². The Morgan fingerprint density at radius 3 is 2.50 bits per heavy atom. The molecular formula is C10H9BrF3NO. The molecule has 1 aliphatic heterocycles. The van der Waals surface area contributed by atoms with E-state index in [0.717, 1.165) is 6.07 Å². The molecule has 0 unspecified atom stereocenters. The van der Waals surface area contributed by atoms with Gasteiger partial charge in [-0.05, 0) is 18.2 Å². The Balaban J connectivity index is 2.28. The molecule has 6 heteroatoms. The lowest BCUT2D eigenvalue weighted by Crippen LogP contribution is -2.50. The van der Waals surface area contributed by atoms with Gasteiger partial charge in [-0.2, -0.15) is 13.2 Å². The molecule has 1 aromatic rings. The lowest BCUT2D eigenvalue weighted by molar-refractivity contribution is -0.139. The zero-order valence-electron chi connectivity index (χ0n) is 8.14. The van der Waals surface area contributed by atoms with E-state index in [2.05, 4.69) is 21.2 Å². The van der Waals surface area contributed by atoms with Gasteiger partial charge in [0, 0.05) is 17.6 Å². The van der Waals surface area contributed by atoms with E-state index in [0.29, 0.717) is 17.6 Å². The molecule has 0 bridgehead atoms. The molecule has 2 rings (SSSR count). The van der Waals surface area contributed by atoms with Gasteiger partial charge in [0.2, 0.25) is 0 Å². The molecular weight excluding hydrogens is 287 g/mol. The minimum absolute atomic E-state index is 0.109. The normalized spacial score (nSPS) is 17.0. The summed E-state index contributed by atoms with van der Waals surface area (Å²) in [5, 5.41) is 2.94. The van der Waals surface area contributed by atoms with E-state index < -0.39 is 11.7 Å². The van der Waals surface area contributed by atoms with Gasteiger partial charge in [-0.1, -0.05) is 15.9 Å². The lowest BCUT2D eigenvalue weighted by atomic mass is 10.1. The average Bonchev–Trinajstić information content (AvgIpc) is 2.11. The summed E-state index contributed by atoms with van der Waals surface area (Å²) in [4.78, 5) is 0. The van der Waals surface area contributed by atoms with Crippen LogP contribution in [0.3, 0.4) is 0 Å². The first-order valence-electron chi connectivity index (χ1n) is 4.71. The van der Waals surface area contributed by atoms with Gasteiger partial charge in [-0.3, -0.25) is 0 Å². The van der Waals surface area contributed by atoms with Crippen LogP contribution in [0.5, 0.6) is 5.75 Å².